The molecule has 1 aromatic rings. The van der Waals surface area contributed by atoms with Crippen molar-refractivity contribution in [3.8, 4) is 0 Å². The minimum Gasteiger partial charge on any atom is -0.361 e. The SMILES string of the molecule is CCNC(=NCC(C)c1c(C)noc1C)N1CCSC(C)(C)C1.I. The fourth-order valence-electron chi connectivity index (χ4n) is 3.13. The summed E-state index contributed by atoms with van der Waals surface area (Å²) in [5.41, 5.74) is 2.17. The van der Waals surface area contributed by atoms with Crippen molar-refractivity contribution in [1.29, 1.82) is 0 Å². The zero-order chi connectivity index (χ0) is 17.0. The van der Waals surface area contributed by atoms with Crippen LogP contribution in [0.3, 0.4) is 0 Å². The molecular formula is C17H31IN4OS. The Morgan fingerprint density at radius 2 is 2.17 bits per heavy atom. The number of nitrogens with zero attached hydrogens (tertiary/aromatic N) is 3. The van der Waals surface area contributed by atoms with Crippen LogP contribution in [0.4, 0.5) is 0 Å². The maximum atomic E-state index is 5.29. The predicted molar refractivity (Wildman–Crippen MR) is 114 cm³/mol. The lowest BCUT2D eigenvalue weighted by atomic mass is 10.00. The largest absolute Gasteiger partial charge is 0.361 e. The van der Waals surface area contributed by atoms with E-state index in [1.54, 1.807) is 0 Å². The third kappa shape index (κ3) is 5.54. The summed E-state index contributed by atoms with van der Waals surface area (Å²) in [6, 6.07) is 0. The quantitative estimate of drug-likeness (QED) is 0.416. The van der Waals surface area contributed by atoms with E-state index in [4.69, 9.17) is 9.52 Å². The smallest absolute Gasteiger partial charge is 0.194 e. The molecular weight excluding hydrogens is 435 g/mol. The fourth-order valence-corrected chi connectivity index (χ4v) is 4.24. The summed E-state index contributed by atoms with van der Waals surface area (Å²) in [6.07, 6.45) is 0. The van der Waals surface area contributed by atoms with Gasteiger partial charge in [-0.15, -0.1) is 24.0 Å². The fraction of sp³-hybridized carbons (Fsp3) is 0.765. The summed E-state index contributed by atoms with van der Waals surface area (Å²) < 4.78 is 5.57. The van der Waals surface area contributed by atoms with E-state index in [0.717, 1.165) is 49.3 Å². The average Bonchev–Trinajstić information content (AvgIpc) is 2.81. The molecule has 2 heterocycles. The normalized spacial score (nSPS) is 18.9. The Bertz CT molecular complexity index is 539. The van der Waals surface area contributed by atoms with Crippen LogP contribution < -0.4 is 5.32 Å². The summed E-state index contributed by atoms with van der Waals surface area (Å²) in [4.78, 5) is 7.28. The van der Waals surface area contributed by atoms with Gasteiger partial charge in [-0.25, -0.2) is 0 Å². The molecule has 7 heteroatoms. The highest BCUT2D eigenvalue weighted by Crippen LogP contribution is 2.29. The summed E-state index contributed by atoms with van der Waals surface area (Å²) in [7, 11) is 0. The van der Waals surface area contributed by atoms with Crippen molar-refractivity contribution in [2.75, 3.05) is 31.9 Å². The van der Waals surface area contributed by atoms with Gasteiger partial charge >= 0.3 is 0 Å². The number of aromatic nitrogens is 1. The van der Waals surface area contributed by atoms with E-state index in [1.807, 2.05) is 25.6 Å². The number of nitrogens with one attached hydrogen (secondary N) is 1. The topological polar surface area (TPSA) is 53.7 Å². The van der Waals surface area contributed by atoms with Crippen LogP contribution in [0.15, 0.2) is 9.52 Å². The molecule has 1 aromatic heterocycles. The summed E-state index contributed by atoms with van der Waals surface area (Å²) in [5.74, 6) is 3.39. The maximum Gasteiger partial charge on any atom is 0.194 e. The Hall–Kier alpha value is -0.440. The van der Waals surface area contributed by atoms with Crippen molar-refractivity contribution in [1.82, 2.24) is 15.4 Å². The molecule has 138 valence electrons. The molecule has 1 aliphatic rings. The average molecular weight is 466 g/mol. The minimum absolute atomic E-state index is 0. The van der Waals surface area contributed by atoms with E-state index in [9.17, 15) is 0 Å². The number of hydrogen-bond donors (Lipinski definition) is 1. The molecule has 24 heavy (non-hydrogen) atoms. The van der Waals surface area contributed by atoms with Crippen LogP contribution in [0.5, 0.6) is 0 Å². The number of halogens is 1. The molecule has 2 rings (SSSR count). The molecule has 1 unspecified atom stereocenters. The third-order valence-electron chi connectivity index (χ3n) is 4.16. The first-order chi connectivity index (χ1) is 10.8. The number of hydrogen-bond acceptors (Lipinski definition) is 4. The van der Waals surface area contributed by atoms with Gasteiger partial charge < -0.3 is 14.7 Å². The van der Waals surface area contributed by atoms with Crippen LogP contribution in [0.2, 0.25) is 0 Å². The van der Waals surface area contributed by atoms with Crippen molar-refractivity contribution >= 4 is 41.7 Å². The van der Waals surface area contributed by atoms with E-state index in [0.29, 0.717) is 5.92 Å². The summed E-state index contributed by atoms with van der Waals surface area (Å²) in [5, 5.41) is 7.50. The predicted octanol–water partition coefficient (Wildman–Crippen LogP) is 3.81. The van der Waals surface area contributed by atoms with Crippen molar-refractivity contribution in [3.05, 3.63) is 17.0 Å². The van der Waals surface area contributed by atoms with Gasteiger partial charge in [0.1, 0.15) is 5.76 Å². The zero-order valence-electron chi connectivity index (χ0n) is 15.7. The molecule has 1 saturated heterocycles. The molecule has 1 atom stereocenters. The van der Waals surface area contributed by atoms with Crippen LogP contribution in [-0.4, -0.2) is 52.7 Å². The Morgan fingerprint density at radius 1 is 1.46 bits per heavy atom. The number of thioether (sulfide) groups is 1. The Labute approximate surface area is 167 Å². The van der Waals surface area contributed by atoms with Gasteiger partial charge in [0.05, 0.1) is 5.69 Å². The third-order valence-corrected chi connectivity index (χ3v) is 5.45. The molecule has 0 radical (unpaired) electrons. The monoisotopic (exact) mass is 466 g/mol. The van der Waals surface area contributed by atoms with Gasteiger partial charge in [-0.05, 0) is 34.6 Å². The molecule has 1 N–H and O–H groups in total. The van der Waals surface area contributed by atoms with Gasteiger partial charge in [0.2, 0.25) is 0 Å². The molecule has 1 fully saturated rings. The number of aryl methyl sites for hydroxylation is 2. The van der Waals surface area contributed by atoms with E-state index >= 15 is 0 Å². The summed E-state index contributed by atoms with van der Waals surface area (Å²) in [6.45, 7) is 16.6. The van der Waals surface area contributed by atoms with Crippen LogP contribution in [-0.2, 0) is 0 Å². The number of rotatable bonds is 4. The van der Waals surface area contributed by atoms with E-state index in [-0.39, 0.29) is 28.7 Å². The van der Waals surface area contributed by atoms with Crippen molar-refractivity contribution in [3.63, 3.8) is 0 Å². The Morgan fingerprint density at radius 3 is 2.71 bits per heavy atom. The first-order valence-corrected chi connectivity index (χ1v) is 9.42. The van der Waals surface area contributed by atoms with Crippen LogP contribution >= 0.6 is 35.7 Å². The molecule has 0 aromatic carbocycles. The van der Waals surface area contributed by atoms with E-state index < -0.39 is 0 Å². The zero-order valence-corrected chi connectivity index (χ0v) is 18.8. The molecule has 0 amide bonds. The molecule has 0 aliphatic carbocycles. The van der Waals surface area contributed by atoms with Gasteiger partial charge in [-0.3, -0.25) is 4.99 Å². The van der Waals surface area contributed by atoms with Crippen LogP contribution in [0.1, 0.15) is 50.6 Å². The number of guanidine groups is 1. The van der Waals surface area contributed by atoms with Crippen LogP contribution in [0, 0.1) is 13.8 Å². The van der Waals surface area contributed by atoms with Gasteiger partial charge in [-0.2, -0.15) is 11.8 Å². The minimum atomic E-state index is 0. The second-order valence-electron chi connectivity index (χ2n) is 6.86. The highest BCUT2D eigenvalue weighted by atomic mass is 127. The first kappa shape index (κ1) is 21.6. The van der Waals surface area contributed by atoms with Crippen molar-refractivity contribution in [2.45, 2.75) is 52.2 Å². The van der Waals surface area contributed by atoms with Crippen molar-refractivity contribution in [2.24, 2.45) is 4.99 Å². The van der Waals surface area contributed by atoms with Crippen LogP contribution in [0.25, 0.3) is 0 Å². The lowest BCUT2D eigenvalue weighted by molar-refractivity contribution is 0.375. The molecule has 0 bridgehead atoms. The number of aliphatic imine (C=N–C) groups is 1. The van der Waals surface area contributed by atoms with Gasteiger partial charge in [0.25, 0.3) is 0 Å². The Balaban J connectivity index is 0.00000288. The van der Waals surface area contributed by atoms with E-state index in [2.05, 4.69) is 43.1 Å². The van der Waals surface area contributed by atoms with Gasteiger partial charge in [-0.1, -0.05) is 12.1 Å². The highest BCUT2D eigenvalue weighted by molar-refractivity contribution is 14.0. The van der Waals surface area contributed by atoms with Crippen molar-refractivity contribution < 1.29 is 4.52 Å². The summed E-state index contributed by atoms with van der Waals surface area (Å²) >= 11 is 2.04. The molecule has 0 spiro atoms. The first-order valence-electron chi connectivity index (χ1n) is 8.44. The lowest BCUT2D eigenvalue weighted by Crippen LogP contribution is -2.51. The molecule has 1 aliphatic heterocycles. The lowest BCUT2D eigenvalue weighted by Gasteiger charge is -2.39. The van der Waals surface area contributed by atoms with Gasteiger partial charge in [0, 0.05) is 48.2 Å². The molecule has 0 saturated carbocycles. The second kappa shape index (κ2) is 9.31. The van der Waals surface area contributed by atoms with Gasteiger partial charge in [0.15, 0.2) is 5.96 Å². The standard InChI is InChI=1S/C17H30N4OS.HI/c1-7-18-16(21-8-9-23-17(5,6)11-21)19-10-12(2)15-13(3)20-22-14(15)4;/h12H,7-11H2,1-6H3,(H,18,19);1H. The Kier molecular flexibility index (Phi) is 8.38. The molecule has 5 nitrogen and oxygen atoms in total. The van der Waals surface area contributed by atoms with E-state index in [1.165, 1.54) is 5.56 Å². The second-order valence-corrected chi connectivity index (χ2v) is 8.67. The highest BCUT2D eigenvalue weighted by Gasteiger charge is 2.28. The maximum absolute atomic E-state index is 5.29.